The molecule has 0 aliphatic carbocycles. The molecule has 0 fully saturated rings. The normalized spacial score (nSPS) is 13.7. The Morgan fingerprint density at radius 2 is 2.11 bits per heavy atom. The van der Waals surface area contributed by atoms with E-state index in [9.17, 15) is 13.2 Å². The SMILES string of the molecule is CC(C)C(CCO)NS(=O)(=O)c1c[nH]c(=O)c(Cl)c1. The largest absolute Gasteiger partial charge is 0.396 e. The van der Waals surface area contributed by atoms with Gasteiger partial charge in [-0.3, -0.25) is 4.79 Å². The number of aliphatic hydroxyl groups excluding tert-OH is 1. The molecule has 0 amide bonds. The van der Waals surface area contributed by atoms with Crippen molar-refractivity contribution in [2.75, 3.05) is 6.61 Å². The third-order valence-corrected chi connectivity index (χ3v) is 4.44. The molecule has 0 bridgehead atoms. The predicted molar refractivity (Wildman–Crippen MR) is 72.7 cm³/mol. The first-order chi connectivity index (χ1) is 8.77. The van der Waals surface area contributed by atoms with Gasteiger partial charge in [-0.1, -0.05) is 25.4 Å². The summed E-state index contributed by atoms with van der Waals surface area (Å²) >= 11 is 5.60. The van der Waals surface area contributed by atoms with Gasteiger partial charge in [-0.2, -0.15) is 0 Å². The third-order valence-electron chi connectivity index (χ3n) is 2.69. The van der Waals surface area contributed by atoms with Gasteiger partial charge in [0, 0.05) is 18.8 Å². The fourth-order valence-corrected chi connectivity index (χ4v) is 3.18. The first kappa shape index (κ1) is 16.2. The fraction of sp³-hybridized carbons (Fsp3) is 0.545. The maximum Gasteiger partial charge on any atom is 0.266 e. The van der Waals surface area contributed by atoms with E-state index in [0.29, 0.717) is 6.42 Å². The third kappa shape index (κ3) is 4.31. The van der Waals surface area contributed by atoms with Crippen molar-refractivity contribution >= 4 is 21.6 Å². The van der Waals surface area contributed by atoms with Gasteiger partial charge in [-0.25, -0.2) is 13.1 Å². The molecule has 1 atom stereocenters. The summed E-state index contributed by atoms with van der Waals surface area (Å²) in [4.78, 5) is 13.2. The van der Waals surface area contributed by atoms with Gasteiger partial charge < -0.3 is 10.1 Å². The number of nitrogens with one attached hydrogen (secondary N) is 2. The Morgan fingerprint density at radius 3 is 2.58 bits per heavy atom. The van der Waals surface area contributed by atoms with E-state index in [1.54, 1.807) is 0 Å². The van der Waals surface area contributed by atoms with Crippen LogP contribution in [0.4, 0.5) is 0 Å². The number of hydrogen-bond donors (Lipinski definition) is 3. The van der Waals surface area contributed by atoms with E-state index >= 15 is 0 Å². The van der Waals surface area contributed by atoms with E-state index in [2.05, 4.69) is 9.71 Å². The van der Waals surface area contributed by atoms with Crippen LogP contribution in [0.3, 0.4) is 0 Å². The van der Waals surface area contributed by atoms with Crippen LogP contribution in [0.5, 0.6) is 0 Å². The molecule has 3 N–H and O–H groups in total. The summed E-state index contributed by atoms with van der Waals surface area (Å²) in [5.41, 5.74) is -0.545. The summed E-state index contributed by atoms with van der Waals surface area (Å²) < 4.78 is 26.7. The zero-order chi connectivity index (χ0) is 14.6. The topological polar surface area (TPSA) is 99.3 Å². The molecule has 1 aromatic rings. The molecule has 0 saturated heterocycles. The van der Waals surface area contributed by atoms with Gasteiger partial charge in [0.2, 0.25) is 10.0 Å². The summed E-state index contributed by atoms with van der Waals surface area (Å²) in [6.45, 7) is 3.59. The molecular formula is C11H17ClN2O4S. The van der Waals surface area contributed by atoms with Gasteiger partial charge in [-0.05, 0) is 18.4 Å². The molecule has 0 aliphatic heterocycles. The van der Waals surface area contributed by atoms with Gasteiger partial charge >= 0.3 is 0 Å². The van der Waals surface area contributed by atoms with Crippen molar-refractivity contribution in [2.45, 2.75) is 31.2 Å². The molecular weight excluding hydrogens is 292 g/mol. The van der Waals surface area contributed by atoms with Crippen LogP contribution in [-0.2, 0) is 10.0 Å². The van der Waals surface area contributed by atoms with Crippen molar-refractivity contribution in [1.82, 2.24) is 9.71 Å². The molecule has 1 aromatic heterocycles. The van der Waals surface area contributed by atoms with Crippen molar-refractivity contribution in [3.8, 4) is 0 Å². The quantitative estimate of drug-likeness (QED) is 0.721. The highest BCUT2D eigenvalue weighted by Crippen LogP contribution is 2.14. The standard InChI is InChI=1S/C11H17ClN2O4S/c1-7(2)10(3-4-15)14-19(17,18)8-5-9(12)11(16)13-6-8/h5-7,10,14-15H,3-4H2,1-2H3,(H,13,16). The van der Waals surface area contributed by atoms with E-state index in [4.69, 9.17) is 16.7 Å². The molecule has 0 radical (unpaired) electrons. The number of H-pyrrole nitrogens is 1. The van der Waals surface area contributed by atoms with E-state index in [0.717, 1.165) is 12.3 Å². The van der Waals surface area contributed by atoms with Crippen LogP contribution in [0.2, 0.25) is 5.02 Å². The van der Waals surface area contributed by atoms with Gasteiger partial charge in [0.05, 0.1) is 4.90 Å². The first-order valence-corrected chi connectivity index (χ1v) is 7.65. The second-order valence-corrected chi connectivity index (χ2v) is 6.62. The van der Waals surface area contributed by atoms with Crippen molar-refractivity contribution in [1.29, 1.82) is 0 Å². The molecule has 0 saturated carbocycles. The van der Waals surface area contributed by atoms with Crippen molar-refractivity contribution in [3.63, 3.8) is 0 Å². The minimum absolute atomic E-state index is 0.0279. The van der Waals surface area contributed by atoms with Crippen LogP contribution < -0.4 is 10.3 Å². The lowest BCUT2D eigenvalue weighted by Crippen LogP contribution is -2.39. The number of rotatable bonds is 6. The Morgan fingerprint density at radius 1 is 1.47 bits per heavy atom. The van der Waals surface area contributed by atoms with Crippen LogP contribution in [0, 0.1) is 5.92 Å². The summed E-state index contributed by atoms with van der Waals surface area (Å²) in [6, 6.07) is 0.708. The zero-order valence-corrected chi connectivity index (χ0v) is 12.3. The number of pyridine rings is 1. The number of sulfonamides is 1. The fourth-order valence-electron chi connectivity index (χ4n) is 1.53. The summed E-state index contributed by atoms with van der Waals surface area (Å²) in [6.07, 6.45) is 1.40. The number of hydrogen-bond acceptors (Lipinski definition) is 4. The van der Waals surface area contributed by atoms with Gasteiger partial charge in [0.15, 0.2) is 0 Å². The monoisotopic (exact) mass is 308 g/mol. The second-order valence-electron chi connectivity index (χ2n) is 4.50. The van der Waals surface area contributed by atoms with Gasteiger partial charge in [0.25, 0.3) is 5.56 Å². The first-order valence-electron chi connectivity index (χ1n) is 5.79. The second kappa shape index (κ2) is 6.51. The minimum atomic E-state index is -3.78. The highest BCUT2D eigenvalue weighted by Gasteiger charge is 2.22. The summed E-state index contributed by atoms with van der Waals surface area (Å²) in [5.74, 6) is 0.0279. The van der Waals surface area contributed by atoms with E-state index in [1.807, 2.05) is 13.8 Å². The Hall–Kier alpha value is -0.890. The van der Waals surface area contributed by atoms with Crippen LogP contribution in [0.25, 0.3) is 0 Å². The average molecular weight is 309 g/mol. The molecule has 6 nitrogen and oxygen atoms in total. The maximum absolute atomic E-state index is 12.1. The Balaban J connectivity index is 3.03. The average Bonchev–Trinajstić information content (AvgIpc) is 2.31. The number of aromatic nitrogens is 1. The molecule has 1 rings (SSSR count). The summed E-state index contributed by atoms with van der Waals surface area (Å²) in [7, 11) is -3.78. The van der Waals surface area contributed by atoms with E-state index < -0.39 is 15.6 Å². The lowest BCUT2D eigenvalue weighted by Gasteiger charge is -2.21. The van der Waals surface area contributed by atoms with E-state index in [-0.39, 0.29) is 28.5 Å². The number of halogens is 1. The number of aromatic amines is 1. The Bertz CT molecular complexity index is 583. The smallest absolute Gasteiger partial charge is 0.266 e. The van der Waals surface area contributed by atoms with Gasteiger partial charge in [-0.15, -0.1) is 0 Å². The van der Waals surface area contributed by atoms with Crippen molar-refractivity contribution in [3.05, 3.63) is 27.6 Å². The van der Waals surface area contributed by atoms with E-state index in [1.165, 1.54) is 0 Å². The lowest BCUT2D eigenvalue weighted by atomic mass is 10.0. The molecule has 19 heavy (non-hydrogen) atoms. The van der Waals surface area contributed by atoms with Crippen molar-refractivity contribution < 1.29 is 13.5 Å². The van der Waals surface area contributed by atoms with Gasteiger partial charge in [0.1, 0.15) is 5.02 Å². The molecule has 0 spiro atoms. The molecule has 8 heteroatoms. The highest BCUT2D eigenvalue weighted by atomic mass is 35.5. The predicted octanol–water partition coefficient (Wildman–Crippen LogP) is 0.714. The Labute approximate surface area is 116 Å². The van der Waals surface area contributed by atoms with Crippen LogP contribution >= 0.6 is 11.6 Å². The maximum atomic E-state index is 12.1. The van der Waals surface area contributed by atoms with Crippen LogP contribution in [0.15, 0.2) is 22.0 Å². The Kier molecular flexibility index (Phi) is 5.54. The lowest BCUT2D eigenvalue weighted by molar-refractivity contribution is 0.256. The van der Waals surface area contributed by atoms with Crippen molar-refractivity contribution in [2.24, 2.45) is 5.92 Å². The summed E-state index contributed by atoms with van der Waals surface area (Å²) in [5, 5.41) is 8.74. The molecule has 0 aromatic carbocycles. The highest BCUT2D eigenvalue weighted by molar-refractivity contribution is 7.89. The molecule has 1 unspecified atom stereocenters. The minimum Gasteiger partial charge on any atom is -0.396 e. The molecule has 0 aliphatic rings. The number of aliphatic hydroxyl groups is 1. The van der Waals surface area contributed by atoms with Crippen LogP contribution in [-0.4, -0.2) is 31.2 Å². The molecule has 108 valence electrons. The van der Waals surface area contributed by atoms with Crippen LogP contribution in [0.1, 0.15) is 20.3 Å². The molecule has 1 heterocycles. The zero-order valence-electron chi connectivity index (χ0n) is 10.7.